The molecule has 0 heterocycles. The Balaban J connectivity index is 2.09. The third kappa shape index (κ3) is 2.95. The van der Waals surface area contributed by atoms with E-state index in [0.717, 1.165) is 12.1 Å². The smallest absolute Gasteiger partial charge is 0.241 e. The first-order valence-electron chi connectivity index (χ1n) is 5.58. The highest BCUT2D eigenvalue weighted by Crippen LogP contribution is 2.19. The third-order valence-corrected chi connectivity index (χ3v) is 4.34. The first-order chi connectivity index (χ1) is 8.51. The highest BCUT2D eigenvalue weighted by Gasteiger charge is 2.23. The summed E-state index contributed by atoms with van der Waals surface area (Å²) in [7, 11) is -3.64. The van der Waals surface area contributed by atoms with Crippen LogP contribution in [0.15, 0.2) is 41.3 Å². The van der Waals surface area contributed by atoms with E-state index >= 15 is 0 Å². The van der Waals surface area contributed by atoms with E-state index in [0.29, 0.717) is 6.42 Å². The van der Waals surface area contributed by atoms with Crippen LogP contribution in [0.4, 0.5) is 4.39 Å². The Kier molecular flexibility index (Phi) is 3.79. The quantitative estimate of drug-likeness (QED) is 0.804. The molecule has 0 bridgehead atoms. The number of benzene rings is 1. The van der Waals surface area contributed by atoms with Crippen molar-refractivity contribution in [2.75, 3.05) is 6.61 Å². The van der Waals surface area contributed by atoms with Gasteiger partial charge < -0.3 is 5.11 Å². The van der Waals surface area contributed by atoms with Crippen molar-refractivity contribution in [2.24, 2.45) is 5.92 Å². The van der Waals surface area contributed by atoms with Crippen molar-refractivity contribution < 1.29 is 17.9 Å². The fourth-order valence-corrected chi connectivity index (χ4v) is 3.08. The van der Waals surface area contributed by atoms with Crippen LogP contribution in [0.25, 0.3) is 0 Å². The van der Waals surface area contributed by atoms with Crippen molar-refractivity contribution in [1.29, 1.82) is 0 Å². The normalized spacial score (nSPS) is 23.4. The molecule has 0 unspecified atom stereocenters. The van der Waals surface area contributed by atoms with Gasteiger partial charge in [0, 0.05) is 18.6 Å². The molecule has 2 atom stereocenters. The molecule has 6 heteroatoms. The summed E-state index contributed by atoms with van der Waals surface area (Å²) in [5.74, 6) is -0.485. The van der Waals surface area contributed by atoms with Gasteiger partial charge in [0.25, 0.3) is 0 Å². The maximum atomic E-state index is 12.7. The lowest BCUT2D eigenvalue weighted by atomic mass is 10.1. The van der Waals surface area contributed by atoms with Gasteiger partial charge in [-0.1, -0.05) is 12.2 Å². The van der Waals surface area contributed by atoms with Gasteiger partial charge in [0.2, 0.25) is 10.0 Å². The molecule has 2 N–H and O–H groups in total. The van der Waals surface area contributed by atoms with E-state index in [1.165, 1.54) is 12.1 Å². The topological polar surface area (TPSA) is 66.4 Å². The zero-order chi connectivity index (χ0) is 13.2. The molecule has 1 aromatic rings. The molecule has 4 nitrogen and oxygen atoms in total. The molecule has 0 saturated heterocycles. The number of hydrogen-bond acceptors (Lipinski definition) is 3. The van der Waals surface area contributed by atoms with Crippen LogP contribution < -0.4 is 4.72 Å². The SMILES string of the molecule is O=S(=O)(N[C@@H]1C=C[C@H](CO)C1)c1ccc(F)cc1. The summed E-state index contributed by atoms with van der Waals surface area (Å²) in [6.45, 7) is 0.00523. The maximum absolute atomic E-state index is 12.7. The second-order valence-electron chi connectivity index (χ2n) is 4.24. The molecular weight excluding hydrogens is 257 g/mol. The Morgan fingerprint density at radius 1 is 1.28 bits per heavy atom. The predicted octanol–water partition coefficient (Wildman–Crippen LogP) is 1.04. The highest BCUT2D eigenvalue weighted by atomic mass is 32.2. The zero-order valence-corrected chi connectivity index (χ0v) is 10.4. The van der Waals surface area contributed by atoms with Gasteiger partial charge in [-0.25, -0.2) is 17.5 Å². The molecule has 18 heavy (non-hydrogen) atoms. The number of aliphatic hydroxyl groups is 1. The van der Waals surface area contributed by atoms with Crippen molar-refractivity contribution in [3.05, 3.63) is 42.2 Å². The van der Waals surface area contributed by atoms with E-state index in [2.05, 4.69) is 4.72 Å². The molecule has 2 rings (SSSR count). The monoisotopic (exact) mass is 271 g/mol. The number of nitrogens with one attached hydrogen (secondary N) is 1. The van der Waals surface area contributed by atoms with Crippen LogP contribution >= 0.6 is 0 Å². The average Bonchev–Trinajstić information content (AvgIpc) is 2.76. The molecule has 98 valence electrons. The zero-order valence-electron chi connectivity index (χ0n) is 9.58. The van der Waals surface area contributed by atoms with Crippen LogP contribution in [0.1, 0.15) is 6.42 Å². The maximum Gasteiger partial charge on any atom is 0.241 e. The van der Waals surface area contributed by atoms with Crippen molar-refractivity contribution in [3.8, 4) is 0 Å². The van der Waals surface area contributed by atoms with Gasteiger partial charge >= 0.3 is 0 Å². The Morgan fingerprint density at radius 3 is 2.50 bits per heavy atom. The van der Waals surface area contributed by atoms with Gasteiger partial charge in [0.1, 0.15) is 5.82 Å². The predicted molar refractivity (Wildman–Crippen MR) is 64.8 cm³/mol. The number of hydrogen-bond donors (Lipinski definition) is 2. The van der Waals surface area contributed by atoms with Crippen LogP contribution in [0.2, 0.25) is 0 Å². The second-order valence-corrected chi connectivity index (χ2v) is 5.96. The van der Waals surface area contributed by atoms with Gasteiger partial charge in [-0.2, -0.15) is 0 Å². The molecule has 1 aromatic carbocycles. The van der Waals surface area contributed by atoms with Crippen LogP contribution in [-0.4, -0.2) is 26.2 Å². The molecule has 0 aliphatic heterocycles. The van der Waals surface area contributed by atoms with E-state index in [4.69, 9.17) is 5.11 Å². The Labute approximate surface area is 105 Å². The molecule has 0 radical (unpaired) electrons. The van der Waals surface area contributed by atoms with Crippen LogP contribution in [-0.2, 0) is 10.0 Å². The summed E-state index contributed by atoms with van der Waals surface area (Å²) >= 11 is 0. The minimum Gasteiger partial charge on any atom is -0.396 e. The Morgan fingerprint density at radius 2 is 1.94 bits per heavy atom. The first kappa shape index (κ1) is 13.2. The molecule has 0 spiro atoms. The van der Waals surface area contributed by atoms with Crippen LogP contribution in [0.3, 0.4) is 0 Å². The van der Waals surface area contributed by atoms with Crippen LogP contribution in [0.5, 0.6) is 0 Å². The summed E-state index contributed by atoms with van der Waals surface area (Å²) in [6, 6.07) is 4.34. The van der Waals surface area contributed by atoms with Crippen LogP contribution in [0, 0.1) is 11.7 Å². The number of rotatable bonds is 4. The summed E-state index contributed by atoms with van der Waals surface area (Å²) < 4.78 is 39.2. The lowest BCUT2D eigenvalue weighted by Crippen LogP contribution is -2.32. The Hall–Kier alpha value is -1.24. The molecule has 0 amide bonds. The highest BCUT2D eigenvalue weighted by molar-refractivity contribution is 7.89. The van der Waals surface area contributed by atoms with Gasteiger partial charge in [-0.15, -0.1) is 0 Å². The fourth-order valence-electron chi connectivity index (χ4n) is 1.88. The molecule has 0 fully saturated rings. The molecular formula is C12H14FNO3S. The van der Waals surface area contributed by atoms with Gasteiger partial charge in [0.15, 0.2) is 0 Å². The average molecular weight is 271 g/mol. The molecule has 1 aliphatic carbocycles. The van der Waals surface area contributed by atoms with Gasteiger partial charge in [0.05, 0.1) is 4.90 Å². The first-order valence-corrected chi connectivity index (χ1v) is 7.06. The van der Waals surface area contributed by atoms with E-state index < -0.39 is 15.8 Å². The van der Waals surface area contributed by atoms with E-state index in [1.807, 2.05) is 0 Å². The van der Waals surface area contributed by atoms with Crippen molar-refractivity contribution in [2.45, 2.75) is 17.4 Å². The molecule has 0 saturated carbocycles. The van der Waals surface area contributed by atoms with E-state index in [9.17, 15) is 12.8 Å². The summed E-state index contributed by atoms with van der Waals surface area (Å²) in [5, 5.41) is 8.96. The number of halogens is 1. The van der Waals surface area contributed by atoms with Crippen molar-refractivity contribution in [1.82, 2.24) is 4.72 Å². The van der Waals surface area contributed by atoms with E-state index in [1.54, 1.807) is 12.2 Å². The minimum atomic E-state index is -3.64. The van der Waals surface area contributed by atoms with Crippen molar-refractivity contribution in [3.63, 3.8) is 0 Å². The summed E-state index contributed by atoms with van der Waals surface area (Å²) in [4.78, 5) is 0.0322. The molecule has 0 aromatic heterocycles. The summed E-state index contributed by atoms with van der Waals surface area (Å²) in [6.07, 6.45) is 4.05. The Bertz CT molecular complexity index is 539. The largest absolute Gasteiger partial charge is 0.396 e. The fraction of sp³-hybridized carbons (Fsp3) is 0.333. The summed E-state index contributed by atoms with van der Waals surface area (Å²) in [5.41, 5.74) is 0. The number of sulfonamides is 1. The third-order valence-electron chi connectivity index (χ3n) is 2.84. The molecule has 1 aliphatic rings. The minimum absolute atomic E-state index is 0.00523. The van der Waals surface area contributed by atoms with Gasteiger partial charge in [-0.3, -0.25) is 0 Å². The lowest BCUT2D eigenvalue weighted by Gasteiger charge is -2.13. The van der Waals surface area contributed by atoms with Gasteiger partial charge in [-0.05, 0) is 30.7 Å². The second kappa shape index (κ2) is 5.17. The standard InChI is InChI=1S/C12H14FNO3S/c13-10-2-5-12(6-3-10)18(16,17)14-11-4-1-9(7-11)8-15/h1-6,9,11,14-15H,7-8H2/t9-,11+/m0/s1. The van der Waals surface area contributed by atoms with Crippen molar-refractivity contribution >= 4 is 10.0 Å². The number of aliphatic hydroxyl groups excluding tert-OH is 1. The van der Waals surface area contributed by atoms with E-state index in [-0.39, 0.29) is 23.5 Å². The lowest BCUT2D eigenvalue weighted by molar-refractivity contribution is 0.248.